The van der Waals surface area contributed by atoms with E-state index in [1.165, 1.54) is 10.6 Å². The van der Waals surface area contributed by atoms with Crippen LogP contribution in [0.25, 0.3) is 5.95 Å². The van der Waals surface area contributed by atoms with E-state index in [4.69, 9.17) is 4.74 Å². The van der Waals surface area contributed by atoms with E-state index in [1.807, 2.05) is 19.9 Å². The van der Waals surface area contributed by atoms with Crippen molar-refractivity contribution in [1.29, 1.82) is 0 Å². The number of nitrogens with zero attached hydrogens (tertiary/aromatic N) is 4. The number of ether oxygens (including phenoxy) is 1. The number of benzene rings is 1. The first-order chi connectivity index (χ1) is 12.9. The van der Waals surface area contributed by atoms with Gasteiger partial charge < -0.3 is 10.1 Å². The zero-order chi connectivity index (χ0) is 19.6. The van der Waals surface area contributed by atoms with Gasteiger partial charge in [-0.1, -0.05) is 6.07 Å². The van der Waals surface area contributed by atoms with Crippen LogP contribution in [0, 0.1) is 20.8 Å². The fourth-order valence-corrected chi connectivity index (χ4v) is 2.79. The number of hydrogen-bond acceptors (Lipinski definition) is 5. The summed E-state index contributed by atoms with van der Waals surface area (Å²) in [7, 11) is 1.55. The van der Waals surface area contributed by atoms with Crippen molar-refractivity contribution < 1.29 is 9.53 Å². The van der Waals surface area contributed by atoms with E-state index in [0.29, 0.717) is 23.1 Å². The van der Waals surface area contributed by atoms with Crippen LogP contribution in [-0.4, -0.2) is 32.3 Å². The number of amides is 1. The average Bonchev–Trinajstić information content (AvgIpc) is 2.95. The molecule has 2 heterocycles. The molecule has 0 fully saturated rings. The minimum atomic E-state index is -0.348. The number of aryl methyl sites for hydroxylation is 3. The van der Waals surface area contributed by atoms with Crippen LogP contribution in [0.3, 0.4) is 0 Å². The number of hydrogen-bond donors (Lipinski definition) is 1. The third kappa shape index (κ3) is 4.05. The Balaban J connectivity index is 1.93. The van der Waals surface area contributed by atoms with Crippen molar-refractivity contribution in [3.8, 4) is 11.7 Å². The molecule has 3 rings (SSSR count). The second kappa shape index (κ2) is 7.45. The van der Waals surface area contributed by atoms with Crippen molar-refractivity contribution in [3.05, 3.63) is 63.8 Å². The number of methoxy groups -OCH3 is 1. The number of anilines is 1. The average molecular weight is 367 g/mol. The molecule has 0 atom stereocenters. The number of carbonyl (C=O) groups excluding carboxylic acids is 1. The zero-order valence-corrected chi connectivity index (χ0v) is 15.7. The molecule has 8 nitrogen and oxygen atoms in total. The van der Waals surface area contributed by atoms with Gasteiger partial charge in [-0.2, -0.15) is 5.10 Å². The number of rotatable bonds is 5. The lowest BCUT2D eigenvalue weighted by Gasteiger charge is -2.14. The highest BCUT2D eigenvalue weighted by molar-refractivity contribution is 5.90. The van der Waals surface area contributed by atoms with Crippen molar-refractivity contribution in [2.75, 3.05) is 12.4 Å². The lowest BCUT2D eigenvalue weighted by Crippen LogP contribution is -2.32. The zero-order valence-electron chi connectivity index (χ0n) is 15.7. The predicted molar refractivity (Wildman–Crippen MR) is 101 cm³/mol. The smallest absolute Gasteiger partial charge is 0.255 e. The molecule has 0 aliphatic heterocycles. The van der Waals surface area contributed by atoms with Crippen LogP contribution in [-0.2, 0) is 11.3 Å². The maximum atomic E-state index is 12.5. The Labute approximate surface area is 156 Å². The van der Waals surface area contributed by atoms with Crippen LogP contribution in [0.4, 0.5) is 5.69 Å². The van der Waals surface area contributed by atoms with Gasteiger partial charge in [0, 0.05) is 29.2 Å². The van der Waals surface area contributed by atoms with Crippen molar-refractivity contribution in [3.63, 3.8) is 0 Å². The van der Waals surface area contributed by atoms with E-state index in [0.717, 1.165) is 11.4 Å². The molecule has 0 saturated heterocycles. The summed E-state index contributed by atoms with van der Waals surface area (Å²) in [5.74, 6) is 0.593. The number of carbonyl (C=O) groups is 1. The number of aromatic nitrogens is 4. The first-order valence-corrected chi connectivity index (χ1v) is 8.43. The summed E-state index contributed by atoms with van der Waals surface area (Å²) in [5.41, 5.74) is 2.46. The fourth-order valence-electron chi connectivity index (χ4n) is 2.79. The SMILES string of the molecule is COc1cccc(NC(=O)Cn2c(-n3nc(C)cc3C)nc(C)cc2=O)c1. The van der Waals surface area contributed by atoms with Gasteiger partial charge in [-0.25, -0.2) is 9.67 Å². The van der Waals surface area contributed by atoms with Gasteiger partial charge in [0.05, 0.1) is 12.8 Å². The standard InChI is InChI=1S/C19H21N5O3/c1-12-9-18(26)23(19(20-12)24-14(3)8-13(2)22-24)11-17(25)21-15-6-5-7-16(10-15)27-4/h5-10H,11H2,1-4H3,(H,21,25). The topological polar surface area (TPSA) is 91.0 Å². The fraction of sp³-hybridized carbons (Fsp3) is 0.263. The Kier molecular flexibility index (Phi) is 5.07. The summed E-state index contributed by atoms with van der Waals surface area (Å²) in [6.45, 7) is 5.28. The van der Waals surface area contributed by atoms with Gasteiger partial charge >= 0.3 is 0 Å². The van der Waals surface area contributed by atoms with Gasteiger partial charge in [-0.05, 0) is 39.0 Å². The highest BCUT2D eigenvalue weighted by Crippen LogP contribution is 2.17. The van der Waals surface area contributed by atoms with Gasteiger partial charge in [0.15, 0.2) is 0 Å². The van der Waals surface area contributed by atoms with Crippen LogP contribution in [0.2, 0.25) is 0 Å². The molecule has 1 aromatic carbocycles. The Morgan fingerprint density at radius 1 is 1.15 bits per heavy atom. The lowest BCUT2D eigenvalue weighted by molar-refractivity contribution is -0.116. The normalized spacial score (nSPS) is 10.7. The summed E-state index contributed by atoms with van der Waals surface area (Å²) in [5, 5.41) is 7.15. The monoisotopic (exact) mass is 367 g/mol. The third-order valence-electron chi connectivity index (χ3n) is 3.97. The van der Waals surface area contributed by atoms with Gasteiger partial charge in [0.1, 0.15) is 12.3 Å². The molecule has 2 aromatic heterocycles. The Bertz CT molecular complexity index is 1050. The summed E-state index contributed by atoms with van der Waals surface area (Å²) in [6.07, 6.45) is 0. The molecule has 3 aromatic rings. The molecule has 0 radical (unpaired) electrons. The summed E-state index contributed by atoms with van der Waals surface area (Å²) in [4.78, 5) is 29.5. The molecule has 0 aliphatic rings. The van der Waals surface area contributed by atoms with E-state index >= 15 is 0 Å². The van der Waals surface area contributed by atoms with E-state index in [-0.39, 0.29) is 18.0 Å². The summed E-state index contributed by atoms with van der Waals surface area (Å²) in [6, 6.07) is 10.3. The predicted octanol–water partition coefficient (Wildman–Crippen LogP) is 2.00. The van der Waals surface area contributed by atoms with Crippen LogP contribution < -0.4 is 15.6 Å². The van der Waals surface area contributed by atoms with Crippen molar-refractivity contribution in [2.45, 2.75) is 27.3 Å². The Hall–Kier alpha value is -3.42. The van der Waals surface area contributed by atoms with Crippen molar-refractivity contribution in [1.82, 2.24) is 19.3 Å². The third-order valence-corrected chi connectivity index (χ3v) is 3.97. The Morgan fingerprint density at radius 2 is 1.93 bits per heavy atom. The second-order valence-corrected chi connectivity index (χ2v) is 6.24. The first-order valence-electron chi connectivity index (χ1n) is 8.43. The quantitative estimate of drug-likeness (QED) is 0.745. The van der Waals surface area contributed by atoms with Crippen LogP contribution in [0.1, 0.15) is 17.1 Å². The van der Waals surface area contributed by atoms with E-state index in [9.17, 15) is 9.59 Å². The highest BCUT2D eigenvalue weighted by atomic mass is 16.5. The maximum Gasteiger partial charge on any atom is 0.255 e. The largest absolute Gasteiger partial charge is 0.497 e. The van der Waals surface area contributed by atoms with E-state index in [2.05, 4.69) is 15.4 Å². The molecule has 140 valence electrons. The minimum absolute atomic E-state index is 0.184. The molecular weight excluding hydrogens is 346 g/mol. The second-order valence-electron chi connectivity index (χ2n) is 6.24. The number of nitrogens with one attached hydrogen (secondary N) is 1. The minimum Gasteiger partial charge on any atom is -0.497 e. The van der Waals surface area contributed by atoms with Crippen molar-refractivity contribution >= 4 is 11.6 Å². The molecular formula is C19H21N5O3. The first kappa shape index (κ1) is 18.4. The summed E-state index contributed by atoms with van der Waals surface area (Å²) < 4.78 is 8.03. The molecule has 27 heavy (non-hydrogen) atoms. The van der Waals surface area contributed by atoms with Gasteiger partial charge in [-0.3, -0.25) is 14.2 Å². The van der Waals surface area contributed by atoms with E-state index < -0.39 is 0 Å². The summed E-state index contributed by atoms with van der Waals surface area (Å²) >= 11 is 0. The molecule has 1 N–H and O–H groups in total. The molecule has 1 amide bonds. The van der Waals surface area contributed by atoms with Gasteiger partial charge in [-0.15, -0.1) is 0 Å². The maximum absolute atomic E-state index is 12.5. The highest BCUT2D eigenvalue weighted by Gasteiger charge is 2.16. The van der Waals surface area contributed by atoms with Gasteiger partial charge in [0.2, 0.25) is 11.9 Å². The Morgan fingerprint density at radius 3 is 2.59 bits per heavy atom. The molecule has 0 saturated carbocycles. The van der Waals surface area contributed by atoms with Gasteiger partial charge in [0.25, 0.3) is 5.56 Å². The van der Waals surface area contributed by atoms with Crippen LogP contribution in [0.5, 0.6) is 5.75 Å². The lowest BCUT2D eigenvalue weighted by atomic mass is 10.3. The molecule has 0 unspecified atom stereocenters. The molecule has 0 bridgehead atoms. The molecule has 0 spiro atoms. The molecule has 8 heteroatoms. The van der Waals surface area contributed by atoms with E-state index in [1.54, 1.807) is 43.0 Å². The molecule has 0 aliphatic carbocycles. The van der Waals surface area contributed by atoms with Crippen molar-refractivity contribution in [2.24, 2.45) is 0 Å². The van der Waals surface area contributed by atoms with Crippen LogP contribution >= 0.6 is 0 Å². The van der Waals surface area contributed by atoms with Crippen LogP contribution in [0.15, 0.2) is 41.2 Å².